The number of β-amino-alcohol motifs (C(OH)–C–C–N with tert-alkyl or cyclic N) is 1. The lowest BCUT2D eigenvalue weighted by Crippen LogP contribution is -2.29. The van der Waals surface area contributed by atoms with Gasteiger partial charge in [-0.15, -0.1) is 0 Å². The molecule has 6 nitrogen and oxygen atoms in total. The first-order valence-corrected chi connectivity index (χ1v) is 12.4. The smallest absolute Gasteiger partial charge is 0.248 e. The van der Waals surface area contributed by atoms with Gasteiger partial charge in [0.2, 0.25) is 15.9 Å². The van der Waals surface area contributed by atoms with Gasteiger partial charge in [0.1, 0.15) is 5.82 Å². The summed E-state index contributed by atoms with van der Waals surface area (Å²) in [6.45, 7) is 7.14. The maximum atomic E-state index is 13.6. The van der Waals surface area contributed by atoms with Crippen LogP contribution in [0, 0.1) is 5.92 Å². The van der Waals surface area contributed by atoms with E-state index in [4.69, 9.17) is 4.98 Å². The fraction of sp³-hybridized carbons (Fsp3) is 0.682. The van der Waals surface area contributed by atoms with E-state index in [1.807, 2.05) is 20.8 Å². The zero-order valence-electron chi connectivity index (χ0n) is 18.3. The molecule has 0 amide bonds. The molecule has 2 aliphatic rings. The summed E-state index contributed by atoms with van der Waals surface area (Å²) < 4.78 is 56.6. The molecular formula is C22H31F2N3O3S. The van der Waals surface area contributed by atoms with Crippen LogP contribution >= 0.6 is 0 Å². The first-order chi connectivity index (χ1) is 14.4. The number of aliphatic hydroxyl groups excluding tert-OH is 1. The zero-order chi connectivity index (χ0) is 22.6. The molecule has 1 saturated heterocycles. The van der Waals surface area contributed by atoms with E-state index in [0.717, 1.165) is 11.3 Å². The summed E-state index contributed by atoms with van der Waals surface area (Å²) in [5.74, 6) is -1.59. The van der Waals surface area contributed by atoms with Gasteiger partial charge in [0, 0.05) is 37.9 Å². The number of rotatable bonds is 4. The topological polar surface area (TPSA) is 75.4 Å². The summed E-state index contributed by atoms with van der Waals surface area (Å²) in [6, 6.07) is 4.95. The van der Waals surface area contributed by atoms with Gasteiger partial charge < -0.3 is 9.67 Å². The number of nitrogens with zero attached hydrogens (tertiary/aromatic N) is 3. The van der Waals surface area contributed by atoms with Crippen molar-refractivity contribution in [3.05, 3.63) is 24.0 Å². The van der Waals surface area contributed by atoms with Crippen LogP contribution in [0.25, 0.3) is 11.0 Å². The van der Waals surface area contributed by atoms with E-state index in [1.54, 1.807) is 18.2 Å². The third-order valence-corrected chi connectivity index (χ3v) is 8.29. The summed E-state index contributed by atoms with van der Waals surface area (Å²) in [6.07, 6.45) is 0.580. The van der Waals surface area contributed by atoms with Crippen LogP contribution in [0.3, 0.4) is 0 Å². The van der Waals surface area contributed by atoms with E-state index >= 15 is 0 Å². The van der Waals surface area contributed by atoms with Crippen LogP contribution in [0.15, 0.2) is 23.1 Å². The molecule has 0 unspecified atom stereocenters. The van der Waals surface area contributed by atoms with Crippen molar-refractivity contribution >= 4 is 21.1 Å². The summed E-state index contributed by atoms with van der Waals surface area (Å²) in [5.41, 5.74) is 1.13. The van der Waals surface area contributed by atoms with Crippen molar-refractivity contribution < 1.29 is 22.3 Å². The Morgan fingerprint density at radius 3 is 2.45 bits per heavy atom. The Hall–Kier alpha value is -1.58. The average molecular weight is 456 g/mol. The highest BCUT2D eigenvalue weighted by Crippen LogP contribution is 2.38. The van der Waals surface area contributed by atoms with Gasteiger partial charge >= 0.3 is 0 Å². The maximum Gasteiger partial charge on any atom is 0.248 e. The second-order valence-corrected chi connectivity index (χ2v) is 12.0. The Morgan fingerprint density at radius 1 is 1.19 bits per heavy atom. The Bertz CT molecular complexity index is 1070. The van der Waals surface area contributed by atoms with E-state index in [1.165, 1.54) is 4.31 Å². The number of aromatic nitrogens is 2. The Balaban J connectivity index is 1.69. The maximum absolute atomic E-state index is 13.6. The van der Waals surface area contributed by atoms with Crippen LogP contribution in [0.4, 0.5) is 8.78 Å². The highest BCUT2D eigenvalue weighted by atomic mass is 32.2. The Labute approximate surface area is 182 Å². The fourth-order valence-electron chi connectivity index (χ4n) is 4.65. The normalized spacial score (nSPS) is 23.6. The molecule has 2 fully saturated rings. The molecule has 1 aliphatic carbocycles. The SMILES string of the molecule is CC(C)(C)c1nc2cc(S(=O)(=O)N3CC[C@@H](O)C3)ccc2n1CC1CCC(F)(F)CC1. The third-order valence-electron chi connectivity index (χ3n) is 6.43. The molecule has 1 saturated carbocycles. The van der Waals surface area contributed by atoms with Gasteiger partial charge in [-0.25, -0.2) is 22.2 Å². The number of sulfonamides is 1. The molecular weight excluding hydrogens is 424 g/mol. The number of aliphatic hydroxyl groups is 1. The number of hydrogen-bond donors (Lipinski definition) is 1. The lowest BCUT2D eigenvalue weighted by molar-refractivity contribution is -0.0473. The zero-order valence-corrected chi connectivity index (χ0v) is 19.1. The number of imidazole rings is 1. The quantitative estimate of drug-likeness (QED) is 0.758. The molecule has 1 aliphatic heterocycles. The van der Waals surface area contributed by atoms with Gasteiger partial charge in [-0.3, -0.25) is 0 Å². The van der Waals surface area contributed by atoms with Gasteiger partial charge in [-0.1, -0.05) is 20.8 Å². The molecule has 2 heterocycles. The molecule has 4 rings (SSSR count). The fourth-order valence-corrected chi connectivity index (χ4v) is 6.16. The number of benzene rings is 1. The largest absolute Gasteiger partial charge is 0.392 e. The summed E-state index contributed by atoms with van der Waals surface area (Å²) >= 11 is 0. The minimum atomic E-state index is -3.70. The Morgan fingerprint density at radius 2 is 1.87 bits per heavy atom. The van der Waals surface area contributed by atoms with Crippen molar-refractivity contribution in [3.8, 4) is 0 Å². The van der Waals surface area contributed by atoms with Crippen molar-refractivity contribution in [2.45, 2.75) is 81.8 Å². The predicted octanol–water partition coefficient (Wildman–Crippen LogP) is 3.91. The second kappa shape index (κ2) is 7.78. The summed E-state index contributed by atoms with van der Waals surface area (Å²) in [7, 11) is -3.70. The molecule has 9 heteroatoms. The highest BCUT2D eigenvalue weighted by Gasteiger charge is 2.36. The molecule has 0 bridgehead atoms. The average Bonchev–Trinajstić information content (AvgIpc) is 3.27. The molecule has 1 N–H and O–H groups in total. The highest BCUT2D eigenvalue weighted by molar-refractivity contribution is 7.89. The molecule has 2 aromatic rings. The minimum Gasteiger partial charge on any atom is -0.392 e. The van der Waals surface area contributed by atoms with Crippen LogP contribution in [0.5, 0.6) is 0 Å². The molecule has 1 aromatic carbocycles. The molecule has 172 valence electrons. The molecule has 1 aromatic heterocycles. The standard InChI is InChI=1S/C22H31F2N3O3S/c1-21(2,3)20-25-18-12-17(31(29,30)26-11-8-16(28)14-26)4-5-19(18)27(20)13-15-6-9-22(23,24)10-7-15/h4-5,12,15-16,28H,6-11,13-14H2,1-3H3/t16-/m1/s1. The second-order valence-electron chi connectivity index (χ2n) is 10.1. The van der Waals surface area contributed by atoms with Gasteiger partial charge in [0.05, 0.1) is 22.0 Å². The molecule has 1 atom stereocenters. The van der Waals surface area contributed by atoms with E-state index in [0.29, 0.717) is 37.9 Å². The lowest BCUT2D eigenvalue weighted by Gasteiger charge is -2.30. The van der Waals surface area contributed by atoms with Crippen molar-refractivity contribution in [2.75, 3.05) is 13.1 Å². The first-order valence-electron chi connectivity index (χ1n) is 10.9. The number of halogens is 2. The minimum absolute atomic E-state index is 0.0841. The predicted molar refractivity (Wildman–Crippen MR) is 115 cm³/mol. The Kier molecular flexibility index (Phi) is 5.67. The van der Waals surface area contributed by atoms with Crippen LogP contribution in [-0.4, -0.2) is 52.5 Å². The van der Waals surface area contributed by atoms with Crippen LogP contribution in [0.2, 0.25) is 0 Å². The lowest BCUT2D eigenvalue weighted by atomic mass is 9.86. The van der Waals surface area contributed by atoms with Crippen molar-refractivity contribution in [2.24, 2.45) is 5.92 Å². The van der Waals surface area contributed by atoms with Gasteiger partial charge in [0.25, 0.3) is 0 Å². The van der Waals surface area contributed by atoms with Gasteiger partial charge in [-0.2, -0.15) is 4.31 Å². The van der Waals surface area contributed by atoms with E-state index in [-0.39, 0.29) is 35.6 Å². The van der Waals surface area contributed by atoms with Crippen LogP contribution in [-0.2, 0) is 22.0 Å². The van der Waals surface area contributed by atoms with E-state index < -0.39 is 22.0 Å². The van der Waals surface area contributed by atoms with Gasteiger partial charge in [0.15, 0.2) is 0 Å². The van der Waals surface area contributed by atoms with E-state index in [9.17, 15) is 22.3 Å². The summed E-state index contributed by atoms with van der Waals surface area (Å²) in [4.78, 5) is 4.94. The first kappa shape index (κ1) is 22.6. The van der Waals surface area contributed by atoms with Crippen molar-refractivity contribution in [1.82, 2.24) is 13.9 Å². The summed E-state index contributed by atoms with van der Waals surface area (Å²) in [5, 5.41) is 9.73. The van der Waals surface area contributed by atoms with Crippen LogP contribution in [0.1, 0.15) is 58.7 Å². The number of hydrogen-bond acceptors (Lipinski definition) is 4. The van der Waals surface area contributed by atoms with Crippen molar-refractivity contribution in [3.63, 3.8) is 0 Å². The number of alkyl halides is 2. The van der Waals surface area contributed by atoms with Gasteiger partial charge in [-0.05, 0) is 43.4 Å². The van der Waals surface area contributed by atoms with Crippen LogP contribution < -0.4 is 0 Å². The molecule has 31 heavy (non-hydrogen) atoms. The number of fused-ring (bicyclic) bond motifs is 1. The third kappa shape index (κ3) is 4.50. The van der Waals surface area contributed by atoms with E-state index in [2.05, 4.69) is 4.57 Å². The molecule has 0 radical (unpaired) electrons. The monoisotopic (exact) mass is 455 g/mol. The molecule has 0 spiro atoms. The van der Waals surface area contributed by atoms with Crippen molar-refractivity contribution in [1.29, 1.82) is 0 Å².